The van der Waals surface area contributed by atoms with Crippen LogP contribution in [0.4, 0.5) is 6.01 Å². The van der Waals surface area contributed by atoms with Crippen molar-refractivity contribution in [1.29, 1.82) is 0 Å². The Bertz CT molecular complexity index is 491. The van der Waals surface area contributed by atoms with Gasteiger partial charge in [-0.1, -0.05) is 19.1 Å². The van der Waals surface area contributed by atoms with Gasteiger partial charge in [-0.3, -0.25) is 4.21 Å². The van der Waals surface area contributed by atoms with Crippen molar-refractivity contribution in [2.75, 3.05) is 18.1 Å². The maximum Gasteiger partial charge on any atom is 0.295 e. The molecule has 4 nitrogen and oxygen atoms in total. The molecular formula is C12H16N2O2S. The fourth-order valence-electron chi connectivity index (χ4n) is 1.50. The molecule has 2 rings (SSSR count). The van der Waals surface area contributed by atoms with Crippen LogP contribution in [0.15, 0.2) is 28.7 Å². The maximum atomic E-state index is 11.2. The first-order chi connectivity index (χ1) is 8.16. The number of anilines is 1. The first-order valence-corrected chi connectivity index (χ1v) is 7.20. The van der Waals surface area contributed by atoms with E-state index in [0.717, 1.165) is 17.5 Å². The predicted octanol–water partition coefficient (Wildman–Crippen LogP) is 2.40. The average Bonchev–Trinajstić information content (AvgIpc) is 2.71. The Labute approximate surface area is 103 Å². The van der Waals surface area contributed by atoms with E-state index in [2.05, 4.69) is 10.3 Å². The fourth-order valence-corrected chi connectivity index (χ4v) is 1.95. The molecule has 0 aliphatic carbocycles. The highest BCUT2D eigenvalue weighted by Gasteiger charge is 2.07. The van der Waals surface area contributed by atoms with Crippen LogP contribution in [0.1, 0.15) is 13.3 Å². The van der Waals surface area contributed by atoms with Gasteiger partial charge in [0, 0.05) is 28.9 Å². The minimum Gasteiger partial charge on any atom is -0.424 e. The summed E-state index contributed by atoms with van der Waals surface area (Å²) in [6.45, 7) is 2.69. The van der Waals surface area contributed by atoms with E-state index in [1.807, 2.05) is 31.2 Å². The summed E-state index contributed by atoms with van der Waals surface area (Å²) in [6, 6.07) is 8.17. The Morgan fingerprint density at radius 1 is 1.47 bits per heavy atom. The molecule has 0 aliphatic rings. The van der Waals surface area contributed by atoms with E-state index in [4.69, 9.17) is 4.42 Å². The molecule has 17 heavy (non-hydrogen) atoms. The molecule has 0 amide bonds. The van der Waals surface area contributed by atoms with Crippen LogP contribution in [-0.2, 0) is 10.8 Å². The third-order valence-electron chi connectivity index (χ3n) is 2.69. The van der Waals surface area contributed by atoms with Crippen molar-refractivity contribution in [2.45, 2.75) is 18.6 Å². The van der Waals surface area contributed by atoms with Crippen LogP contribution >= 0.6 is 0 Å². The second-order valence-corrected chi connectivity index (χ2v) is 5.81. The monoisotopic (exact) mass is 252 g/mol. The summed E-state index contributed by atoms with van der Waals surface area (Å²) in [5.41, 5.74) is 1.63. The molecule has 0 aliphatic heterocycles. The van der Waals surface area contributed by atoms with Crippen LogP contribution in [0.25, 0.3) is 11.1 Å². The summed E-state index contributed by atoms with van der Waals surface area (Å²) in [7, 11) is -0.774. The molecule has 0 fully saturated rings. The van der Waals surface area contributed by atoms with Gasteiger partial charge in [0.15, 0.2) is 5.58 Å². The van der Waals surface area contributed by atoms with Crippen molar-refractivity contribution in [3.63, 3.8) is 0 Å². The molecule has 2 atom stereocenters. The fraction of sp³-hybridized carbons (Fsp3) is 0.417. The van der Waals surface area contributed by atoms with Gasteiger partial charge in [0.2, 0.25) is 0 Å². The lowest BCUT2D eigenvalue weighted by molar-refractivity contribution is 0.610. The van der Waals surface area contributed by atoms with Crippen molar-refractivity contribution < 1.29 is 8.63 Å². The van der Waals surface area contributed by atoms with Crippen molar-refractivity contribution in [1.82, 2.24) is 4.98 Å². The Hall–Kier alpha value is -1.36. The lowest BCUT2D eigenvalue weighted by Gasteiger charge is -2.07. The van der Waals surface area contributed by atoms with E-state index in [1.54, 1.807) is 6.26 Å². The summed E-state index contributed by atoms with van der Waals surface area (Å²) < 4.78 is 16.7. The normalized spacial score (nSPS) is 14.7. The highest BCUT2D eigenvalue weighted by Crippen LogP contribution is 2.17. The van der Waals surface area contributed by atoms with Crippen LogP contribution in [0.5, 0.6) is 0 Å². The lowest BCUT2D eigenvalue weighted by Crippen LogP contribution is -2.14. The number of oxazole rings is 1. The van der Waals surface area contributed by atoms with Gasteiger partial charge in [-0.2, -0.15) is 4.98 Å². The Morgan fingerprint density at radius 3 is 2.94 bits per heavy atom. The number of nitrogens with zero attached hydrogens (tertiary/aromatic N) is 1. The number of benzene rings is 1. The standard InChI is InChI=1S/C12H16N2O2S/c1-9(17(2)15)7-8-13-12-14-10-5-3-4-6-11(10)16-12/h3-6,9H,7-8H2,1-2H3,(H,13,14). The van der Waals surface area contributed by atoms with E-state index in [1.165, 1.54) is 0 Å². The Kier molecular flexibility index (Phi) is 3.78. The lowest BCUT2D eigenvalue weighted by atomic mass is 10.3. The molecule has 0 radical (unpaired) electrons. The topological polar surface area (TPSA) is 55.1 Å². The number of hydrogen-bond donors (Lipinski definition) is 1. The third kappa shape index (κ3) is 3.06. The number of para-hydroxylation sites is 2. The van der Waals surface area contributed by atoms with Gasteiger partial charge in [0.25, 0.3) is 6.01 Å². The van der Waals surface area contributed by atoms with Gasteiger partial charge < -0.3 is 9.73 Å². The quantitative estimate of drug-likeness (QED) is 0.887. The zero-order chi connectivity index (χ0) is 12.3. The van der Waals surface area contributed by atoms with Crippen LogP contribution in [0.2, 0.25) is 0 Å². The van der Waals surface area contributed by atoms with E-state index < -0.39 is 10.8 Å². The van der Waals surface area contributed by atoms with Crippen molar-refractivity contribution in [3.8, 4) is 0 Å². The number of rotatable bonds is 5. The SMILES string of the molecule is CC(CCNc1nc2ccccc2o1)S(C)=O. The average molecular weight is 252 g/mol. The highest BCUT2D eigenvalue weighted by atomic mass is 32.2. The maximum absolute atomic E-state index is 11.2. The van der Waals surface area contributed by atoms with Crippen LogP contribution in [0, 0.1) is 0 Å². The second kappa shape index (κ2) is 5.31. The predicted molar refractivity (Wildman–Crippen MR) is 70.6 cm³/mol. The minimum absolute atomic E-state index is 0.187. The van der Waals surface area contributed by atoms with Crippen LogP contribution in [-0.4, -0.2) is 27.2 Å². The summed E-state index contributed by atoms with van der Waals surface area (Å²) in [5, 5.41) is 3.29. The molecule has 1 aromatic carbocycles. The van der Waals surface area contributed by atoms with Gasteiger partial charge in [0.05, 0.1) is 0 Å². The second-order valence-electron chi connectivity index (χ2n) is 4.01. The summed E-state index contributed by atoms with van der Waals surface area (Å²) >= 11 is 0. The summed E-state index contributed by atoms with van der Waals surface area (Å²) in [5.74, 6) is 0. The molecule has 1 heterocycles. The van der Waals surface area contributed by atoms with Crippen LogP contribution in [0.3, 0.4) is 0 Å². The minimum atomic E-state index is -0.774. The number of aromatic nitrogens is 1. The smallest absolute Gasteiger partial charge is 0.295 e. The van der Waals surface area contributed by atoms with Gasteiger partial charge in [0.1, 0.15) is 5.52 Å². The third-order valence-corrected chi connectivity index (χ3v) is 4.06. The van der Waals surface area contributed by atoms with E-state index in [9.17, 15) is 4.21 Å². The molecule has 0 bridgehead atoms. The first kappa shape index (κ1) is 12.1. The summed E-state index contributed by atoms with van der Waals surface area (Å²) in [6.07, 6.45) is 2.56. The Balaban J connectivity index is 1.93. The van der Waals surface area contributed by atoms with Gasteiger partial charge >= 0.3 is 0 Å². The molecular weight excluding hydrogens is 236 g/mol. The molecule has 5 heteroatoms. The zero-order valence-corrected chi connectivity index (χ0v) is 10.8. The zero-order valence-electron chi connectivity index (χ0n) is 9.97. The van der Waals surface area contributed by atoms with E-state index in [-0.39, 0.29) is 5.25 Å². The number of nitrogens with one attached hydrogen (secondary N) is 1. The molecule has 1 N–H and O–H groups in total. The largest absolute Gasteiger partial charge is 0.424 e. The summed E-state index contributed by atoms with van der Waals surface area (Å²) in [4.78, 5) is 4.30. The van der Waals surface area contributed by atoms with Crippen LogP contribution < -0.4 is 5.32 Å². The van der Waals surface area contributed by atoms with E-state index in [0.29, 0.717) is 12.6 Å². The molecule has 1 aromatic heterocycles. The Morgan fingerprint density at radius 2 is 2.24 bits per heavy atom. The molecule has 92 valence electrons. The molecule has 0 saturated carbocycles. The van der Waals surface area contributed by atoms with Gasteiger partial charge in [-0.05, 0) is 18.6 Å². The number of fused-ring (bicyclic) bond motifs is 1. The van der Waals surface area contributed by atoms with Crippen molar-refractivity contribution >= 4 is 27.9 Å². The highest BCUT2D eigenvalue weighted by molar-refractivity contribution is 7.84. The van der Waals surface area contributed by atoms with Crippen molar-refractivity contribution in [2.24, 2.45) is 0 Å². The van der Waals surface area contributed by atoms with E-state index >= 15 is 0 Å². The molecule has 2 unspecified atom stereocenters. The first-order valence-electron chi connectivity index (χ1n) is 5.58. The number of hydrogen-bond acceptors (Lipinski definition) is 4. The molecule has 0 saturated heterocycles. The van der Waals surface area contributed by atoms with Gasteiger partial charge in [-0.25, -0.2) is 0 Å². The van der Waals surface area contributed by atoms with Crippen molar-refractivity contribution in [3.05, 3.63) is 24.3 Å². The molecule has 0 spiro atoms. The molecule has 2 aromatic rings. The van der Waals surface area contributed by atoms with Gasteiger partial charge in [-0.15, -0.1) is 0 Å².